The van der Waals surface area contributed by atoms with Crippen molar-refractivity contribution in [2.75, 3.05) is 0 Å². The normalized spacial score (nSPS) is 11.5. The number of H-pyrrole nitrogens is 1. The van der Waals surface area contributed by atoms with Crippen molar-refractivity contribution in [1.29, 1.82) is 0 Å². The summed E-state index contributed by atoms with van der Waals surface area (Å²) in [6.07, 6.45) is 2.12. The number of hydrogen-bond acceptors (Lipinski definition) is 0. The molecule has 0 fully saturated rings. The number of nitrogens with zero attached hydrogens (tertiary/aromatic N) is 2. The first-order valence-corrected chi connectivity index (χ1v) is 13.6. The van der Waals surface area contributed by atoms with Gasteiger partial charge in [0.05, 0.1) is 17.2 Å². The SMILES string of the molecule is c1ccc(-c2c(-c3cccc(-c4cccc(-n5c6ccccc6c6ccccc65)c4)c3)[nH]c3cccc[n+]23)cc1. The molecule has 8 rings (SSSR count). The summed E-state index contributed by atoms with van der Waals surface area (Å²) in [4.78, 5) is 3.69. The molecule has 0 aliphatic rings. The minimum Gasteiger partial charge on any atom is -0.309 e. The van der Waals surface area contributed by atoms with Gasteiger partial charge in [-0.3, -0.25) is 0 Å². The molecule has 0 amide bonds. The predicted molar refractivity (Wildman–Crippen MR) is 165 cm³/mol. The van der Waals surface area contributed by atoms with Crippen LogP contribution < -0.4 is 4.40 Å². The molecule has 5 aromatic carbocycles. The molecule has 0 saturated carbocycles. The summed E-state index contributed by atoms with van der Waals surface area (Å²) in [5, 5.41) is 2.55. The van der Waals surface area contributed by atoms with Crippen LogP contribution in [0.15, 0.2) is 152 Å². The van der Waals surface area contributed by atoms with E-state index in [0.29, 0.717) is 0 Å². The molecule has 0 atom stereocenters. The molecule has 188 valence electrons. The fourth-order valence-electron chi connectivity index (χ4n) is 6.02. The Morgan fingerprint density at radius 3 is 1.85 bits per heavy atom. The zero-order valence-electron chi connectivity index (χ0n) is 21.8. The van der Waals surface area contributed by atoms with E-state index in [-0.39, 0.29) is 0 Å². The third-order valence-electron chi connectivity index (χ3n) is 7.81. The van der Waals surface area contributed by atoms with E-state index in [1.54, 1.807) is 0 Å². The molecule has 0 aliphatic heterocycles. The summed E-state index contributed by atoms with van der Waals surface area (Å²) < 4.78 is 4.61. The zero-order chi connectivity index (χ0) is 26.5. The van der Waals surface area contributed by atoms with Crippen molar-refractivity contribution in [3.05, 3.63) is 152 Å². The number of imidazole rings is 1. The van der Waals surface area contributed by atoms with Crippen LogP contribution in [-0.4, -0.2) is 9.55 Å². The van der Waals surface area contributed by atoms with Crippen LogP contribution in [-0.2, 0) is 0 Å². The van der Waals surface area contributed by atoms with Gasteiger partial charge in [-0.05, 0) is 47.5 Å². The van der Waals surface area contributed by atoms with Crippen molar-refractivity contribution in [2.45, 2.75) is 0 Å². The molecular weight excluding hydrogens is 486 g/mol. The lowest BCUT2D eigenvalue weighted by molar-refractivity contribution is -0.497. The fraction of sp³-hybridized carbons (Fsp3) is 0. The summed E-state index contributed by atoms with van der Waals surface area (Å²) >= 11 is 0. The Morgan fingerprint density at radius 1 is 0.475 bits per heavy atom. The lowest BCUT2D eigenvalue weighted by Gasteiger charge is -2.11. The van der Waals surface area contributed by atoms with Crippen LogP contribution >= 0.6 is 0 Å². The molecule has 8 aromatic rings. The molecule has 0 radical (unpaired) electrons. The molecule has 3 heterocycles. The zero-order valence-corrected chi connectivity index (χ0v) is 21.8. The smallest absolute Gasteiger partial charge is 0.284 e. The van der Waals surface area contributed by atoms with E-state index in [9.17, 15) is 0 Å². The molecule has 0 unspecified atom stereocenters. The lowest BCUT2D eigenvalue weighted by atomic mass is 9.99. The average Bonchev–Trinajstić information content (AvgIpc) is 3.58. The van der Waals surface area contributed by atoms with E-state index in [1.807, 2.05) is 0 Å². The van der Waals surface area contributed by atoms with Gasteiger partial charge >= 0.3 is 0 Å². The van der Waals surface area contributed by atoms with Crippen molar-refractivity contribution >= 4 is 27.5 Å². The van der Waals surface area contributed by atoms with Crippen molar-refractivity contribution in [3.63, 3.8) is 0 Å². The van der Waals surface area contributed by atoms with Crippen LogP contribution in [0, 0.1) is 0 Å². The number of aromatic amines is 1. The maximum absolute atomic E-state index is 3.69. The van der Waals surface area contributed by atoms with Gasteiger partial charge in [0.15, 0.2) is 11.4 Å². The van der Waals surface area contributed by atoms with Gasteiger partial charge in [0, 0.05) is 33.7 Å². The van der Waals surface area contributed by atoms with E-state index in [0.717, 1.165) is 28.3 Å². The lowest BCUT2D eigenvalue weighted by Crippen LogP contribution is -2.20. The van der Waals surface area contributed by atoms with Gasteiger partial charge in [-0.1, -0.05) is 103 Å². The van der Waals surface area contributed by atoms with Crippen molar-refractivity contribution in [1.82, 2.24) is 9.55 Å². The van der Waals surface area contributed by atoms with E-state index in [4.69, 9.17) is 0 Å². The highest BCUT2D eigenvalue weighted by molar-refractivity contribution is 6.09. The number of benzene rings is 5. The molecule has 3 nitrogen and oxygen atoms in total. The highest BCUT2D eigenvalue weighted by Crippen LogP contribution is 2.35. The topological polar surface area (TPSA) is 24.8 Å². The number of nitrogens with one attached hydrogen (secondary N) is 1. The summed E-state index contributed by atoms with van der Waals surface area (Å²) in [7, 11) is 0. The van der Waals surface area contributed by atoms with Gasteiger partial charge in [0.2, 0.25) is 0 Å². The predicted octanol–water partition coefficient (Wildman–Crippen LogP) is 8.85. The van der Waals surface area contributed by atoms with Crippen LogP contribution in [0.2, 0.25) is 0 Å². The Balaban J connectivity index is 1.29. The van der Waals surface area contributed by atoms with Gasteiger partial charge in [-0.2, -0.15) is 4.40 Å². The maximum atomic E-state index is 3.69. The molecule has 0 spiro atoms. The summed E-state index contributed by atoms with van der Waals surface area (Å²) in [6.45, 7) is 0. The molecular formula is C37H26N3+. The monoisotopic (exact) mass is 512 g/mol. The maximum Gasteiger partial charge on any atom is 0.284 e. The minimum absolute atomic E-state index is 1.06. The second-order valence-electron chi connectivity index (χ2n) is 10.2. The summed E-state index contributed by atoms with van der Waals surface area (Å²) in [5.74, 6) is 0. The van der Waals surface area contributed by atoms with Crippen molar-refractivity contribution in [3.8, 4) is 39.3 Å². The number of aromatic nitrogens is 3. The highest BCUT2D eigenvalue weighted by Gasteiger charge is 2.22. The van der Waals surface area contributed by atoms with E-state index < -0.39 is 0 Å². The first kappa shape index (κ1) is 22.6. The first-order chi connectivity index (χ1) is 19.8. The summed E-state index contributed by atoms with van der Waals surface area (Å²) in [6, 6.07) is 51.9. The molecule has 0 bridgehead atoms. The van der Waals surface area contributed by atoms with E-state index >= 15 is 0 Å². The second kappa shape index (κ2) is 9.11. The van der Waals surface area contributed by atoms with Gasteiger partial charge in [0.25, 0.3) is 5.65 Å². The van der Waals surface area contributed by atoms with Crippen LogP contribution in [0.4, 0.5) is 0 Å². The van der Waals surface area contributed by atoms with E-state index in [2.05, 4.69) is 166 Å². The Kier molecular flexibility index (Phi) is 5.14. The number of hydrogen-bond donors (Lipinski definition) is 1. The first-order valence-electron chi connectivity index (χ1n) is 13.6. The number of para-hydroxylation sites is 2. The third-order valence-corrected chi connectivity index (χ3v) is 7.81. The average molecular weight is 513 g/mol. The largest absolute Gasteiger partial charge is 0.309 e. The number of pyridine rings is 1. The number of fused-ring (bicyclic) bond motifs is 4. The van der Waals surface area contributed by atoms with Crippen LogP contribution in [0.25, 0.3) is 66.8 Å². The van der Waals surface area contributed by atoms with Gasteiger partial charge < -0.3 is 4.57 Å². The molecule has 40 heavy (non-hydrogen) atoms. The molecule has 3 aromatic heterocycles. The molecule has 1 N–H and O–H groups in total. The van der Waals surface area contributed by atoms with Crippen LogP contribution in [0.1, 0.15) is 0 Å². The standard InChI is InChI=1S/C37H25N3/c1-2-12-26(13-3-1)37-36(38-35-22-8-9-23-39(35)37)29-16-10-14-27(24-29)28-15-11-17-30(25-28)40-33-20-6-4-18-31(33)32-19-5-7-21-34(32)40/h1-25H/p+1. The van der Waals surface area contributed by atoms with Gasteiger partial charge in [0.1, 0.15) is 0 Å². The van der Waals surface area contributed by atoms with Crippen molar-refractivity contribution in [2.24, 2.45) is 0 Å². The Bertz CT molecular complexity index is 2110. The number of rotatable bonds is 4. The Labute approximate surface area is 232 Å². The molecule has 3 heteroatoms. The van der Waals surface area contributed by atoms with Crippen LogP contribution in [0.5, 0.6) is 0 Å². The molecule has 0 saturated heterocycles. The summed E-state index contributed by atoms with van der Waals surface area (Å²) in [5.41, 5.74) is 11.6. The van der Waals surface area contributed by atoms with Gasteiger partial charge in [-0.15, -0.1) is 0 Å². The third kappa shape index (κ3) is 3.56. The quantitative estimate of drug-likeness (QED) is 0.228. The Hall–Kier alpha value is -5.41. The van der Waals surface area contributed by atoms with Crippen molar-refractivity contribution < 1.29 is 4.40 Å². The second-order valence-corrected chi connectivity index (χ2v) is 10.2. The van der Waals surface area contributed by atoms with E-state index in [1.165, 1.54) is 38.5 Å². The highest BCUT2D eigenvalue weighted by atomic mass is 15.0. The molecule has 0 aliphatic carbocycles. The fourth-order valence-corrected chi connectivity index (χ4v) is 6.02. The Morgan fingerprint density at radius 2 is 1.07 bits per heavy atom. The minimum atomic E-state index is 1.06. The van der Waals surface area contributed by atoms with Gasteiger partial charge in [-0.25, -0.2) is 4.98 Å². The van der Waals surface area contributed by atoms with Crippen LogP contribution in [0.3, 0.4) is 0 Å².